The summed E-state index contributed by atoms with van der Waals surface area (Å²) in [5, 5.41) is 0. The summed E-state index contributed by atoms with van der Waals surface area (Å²) < 4.78 is 4.04. The maximum atomic E-state index is 11.6. The predicted molar refractivity (Wildman–Crippen MR) is 52.8 cm³/mol. The molecule has 1 aliphatic heterocycles. The van der Waals surface area contributed by atoms with E-state index in [9.17, 15) is 4.79 Å². The molecule has 1 aliphatic rings. The van der Waals surface area contributed by atoms with Crippen molar-refractivity contribution >= 4 is 17.7 Å². The molecule has 13 heavy (non-hydrogen) atoms. The molecule has 4 heteroatoms. The van der Waals surface area contributed by atoms with Gasteiger partial charge in [0.2, 0.25) is 0 Å². The molecule has 2 heterocycles. The first-order valence-corrected chi connectivity index (χ1v) is 5.02. The van der Waals surface area contributed by atoms with E-state index in [0.29, 0.717) is 6.42 Å². The minimum atomic E-state index is 0.257. The van der Waals surface area contributed by atoms with Crippen molar-refractivity contribution in [2.45, 2.75) is 11.3 Å². The van der Waals surface area contributed by atoms with E-state index in [2.05, 4.69) is 4.31 Å². The van der Waals surface area contributed by atoms with Crippen molar-refractivity contribution in [1.82, 2.24) is 8.87 Å². The summed E-state index contributed by atoms with van der Waals surface area (Å²) in [5.74, 6) is 0.257. The van der Waals surface area contributed by atoms with Crippen molar-refractivity contribution in [2.75, 3.05) is 13.6 Å². The van der Waals surface area contributed by atoms with Crippen LogP contribution in [0.15, 0.2) is 17.3 Å². The topological polar surface area (TPSA) is 25.2 Å². The van der Waals surface area contributed by atoms with Gasteiger partial charge < -0.3 is 4.57 Å². The van der Waals surface area contributed by atoms with Gasteiger partial charge in [0, 0.05) is 32.4 Å². The molecule has 0 saturated carbocycles. The van der Waals surface area contributed by atoms with Gasteiger partial charge in [0.15, 0.2) is 5.78 Å². The molecule has 2 rings (SSSR count). The molecule has 0 amide bonds. The number of Topliss-reactive ketones (excluding diaryl/α,β-unsaturated/α-hetero) is 1. The Morgan fingerprint density at radius 1 is 1.38 bits per heavy atom. The zero-order valence-corrected chi connectivity index (χ0v) is 8.60. The van der Waals surface area contributed by atoms with Crippen LogP contribution in [0.3, 0.4) is 0 Å². The number of carbonyl (C=O) groups is 1. The number of aromatic nitrogens is 1. The van der Waals surface area contributed by atoms with Gasteiger partial charge in [0.1, 0.15) is 0 Å². The first-order valence-electron chi connectivity index (χ1n) is 4.25. The molecule has 0 radical (unpaired) electrons. The maximum absolute atomic E-state index is 11.6. The Kier molecular flexibility index (Phi) is 2.17. The third-order valence-electron chi connectivity index (χ3n) is 2.13. The van der Waals surface area contributed by atoms with E-state index >= 15 is 0 Å². The minimum Gasteiger partial charge on any atom is -0.355 e. The Labute approximate surface area is 81.8 Å². The Morgan fingerprint density at radius 2 is 2.15 bits per heavy atom. The molecule has 0 aromatic carbocycles. The number of hydrogen-bond donors (Lipinski definition) is 0. The second-order valence-electron chi connectivity index (χ2n) is 3.32. The number of rotatable bonds is 0. The SMILES string of the molecule is CN1CCC(=O)c2cn(C)cc2S1. The van der Waals surface area contributed by atoms with Gasteiger partial charge in [-0.3, -0.25) is 4.79 Å². The molecule has 1 aromatic heterocycles. The second kappa shape index (κ2) is 3.20. The average molecular weight is 196 g/mol. The highest BCUT2D eigenvalue weighted by Gasteiger charge is 2.20. The smallest absolute Gasteiger partial charge is 0.166 e. The fraction of sp³-hybridized carbons (Fsp3) is 0.444. The van der Waals surface area contributed by atoms with E-state index in [1.807, 2.05) is 31.1 Å². The van der Waals surface area contributed by atoms with E-state index in [0.717, 1.165) is 17.0 Å². The first kappa shape index (κ1) is 8.84. The molecule has 0 aliphatic carbocycles. The third-order valence-corrected chi connectivity index (χ3v) is 3.14. The molecule has 0 unspecified atom stereocenters. The van der Waals surface area contributed by atoms with Gasteiger partial charge in [-0.05, 0) is 19.0 Å². The van der Waals surface area contributed by atoms with Gasteiger partial charge in [-0.15, -0.1) is 0 Å². The Hall–Kier alpha value is -0.740. The lowest BCUT2D eigenvalue weighted by molar-refractivity contribution is 0.0978. The maximum Gasteiger partial charge on any atom is 0.166 e. The van der Waals surface area contributed by atoms with Crippen LogP contribution in [-0.4, -0.2) is 28.2 Å². The highest BCUT2D eigenvalue weighted by Crippen LogP contribution is 2.29. The fourth-order valence-corrected chi connectivity index (χ4v) is 2.45. The number of carbonyl (C=O) groups excluding carboxylic acids is 1. The molecule has 70 valence electrons. The van der Waals surface area contributed by atoms with Crippen molar-refractivity contribution in [3.63, 3.8) is 0 Å². The molecule has 0 bridgehead atoms. The van der Waals surface area contributed by atoms with Crippen molar-refractivity contribution < 1.29 is 4.79 Å². The zero-order valence-electron chi connectivity index (χ0n) is 7.78. The summed E-state index contributed by atoms with van der Waals surface area (Å²) in [5.41, 5.74) is 0.872. The van der Waals surface area contributed by atoms with Crippen molar-refractivity contribution in [1.29, 1.82) is 0 Å². The molecule has 1 aromatic rings. The summed E-state index contributed by atoms with van der Waals surface area (Å²) in [6.45, 7) is 0.835. The zero-order chi connectivity index (χ0) is 9.42. The number of nitrogens with zero attached hydrogens (tertiary/aromatic N) is 2. The third kappa shape index (κ3) is 1.64. The number of aryl methyl sites for hydroxylation is 1. The lowest BCUT2D eigenvalue weighted by Crippen LogP contribution is -2.10. The van der Waals surface area contributed by atoms with Crippen LogP contribution in [0.25, 0.3) is 0 Å². The van der Waals surface area contributed by atoms with Gasteiger partial charge in [-0.1, -0.05) is 0 Å². The van der Waals surface area contributed by atoms with Crippen LogP contribution in [0, 0.1) is 0 Å². The van der Waals surface area contributed by atoms with E-state index in [1.165, 1.54) is 0 Å². The van der Waals surface area contributed by atoms with Gasteiger partial charge in [0.05, 0.1) is 10.5 Å². The van der Waals surface area contributed by atoms with Crippen LogP contribution in [0.2, 0.25) is 0 Å². The van der Waals surface area contributed by atoms with Crippen LogP contribution in [0.1, 0.15) is 16.8 Å². The van der Waals surface area contributed by atoms with E-state index in [4.69, 9.17) is 0 Å². The Bertz CT molecular complexity index is 345. The Balaban J connectivity index is 2.42. The highest BCUT2D eigenvalue weighted by atomic mass is 32.2. The molecular formula is C9H12N2OS. The van der Waals surface area contributed by atoms with Crippen molar-refractivity contribution in [3.05, 3.63) is 18.0 Å². The number of ketones is 1. The second-order valence-corrected chi connectivity index (χ2v) is 4.56. The fourth-order valence-electron chi connectivity index (χ4n) is 1.45. The van der Waals surface area contributed by atoms with Crippen LogP contribution in [0.5, 0.6) is 0 Å². The molecule has 3 nitrogen and oxygen atoms in total. The summed E-state index contributed by atoms with van der Waals surface area (Å²) in [6.07, 6.45) is 4.53. The first-order chi connectivity index (χ1) is 6.16. The summed E-state index contributed by atoms with van der Waals surface area (Å²) >= 11 is 1.65. The van der Waals surface area contributed by atoms with Crippen molar-refractivity contribution in [2.24, 2.45) is 7.05 Å². The number of fused-ring (bicyclic) bond motifs is 1. The predicted octanol–water partition coefficient (Wildman–Crippen LogP) is 1.55. The molecular weight excluding hydrogens is 184 g/mol. The molecule has 0 N–H and O–H groups in total. The molecule has 0 fully saturated rings. The van der Waals surface area contributed by atoms with Crippen LogP contribution >= 0.6 is 11.9 Å². The van der Waals surface area contributed by atoms with Crippen LogP contribution in [-0.2, 0) is 7.05 Å². The van der Waals surface area contributed by atoms with E-state index in [-0.39, 0.29) is 5.78 Å². The van der Waals surface area contributed by atoms with E-state index in [1.54, 1.807) is 11.9 Å². The van der Waals surface area contributed by atoms with Gasteiger partial charge in [-0.25, -0.2) is 4.31 Å². The monoisotopic (exact) mass is 196 g/mol. The summed E-state index contributed by atoms with van der Waals surface area (Å²) in [4.78, 5) is 12.7. The lowest BCUT2D eigenvalue weighted by Gasteiger charge is -2.09. The molecule has 0 saturated heterocycles. The quantitative estimate of drug-likeness (QED) is 0.589. The molecule has 0 spiro atoms. The lowest BCUT2D eigenvalue weighted by atomic mass is 10.1. The Morgan fingerprint density at radius 3 is 2.92 bits per heavy atom. The van der Waals surface area contributed by atoms with Gasteiger partial charge in [0.25, 0.3) is 0 Å². The van der Waals surface area contributed by atoms with Crippen LogP contribution in [0.4, 0.5) is 0 Å². The van der Waals surface area contributed by atoms with Crippen molar-refractivity contribution in [3.8, 4) is 0 Å². The molecule has 0 atom stereocenters. The standard InChI is InChI=1S/C9H12N2OS/c1-10-5-7-8(12)3-4-11(2)13-9(7)6-10/h5-6H,3-4H2,1-2H3. The van der Waals surface area contributed by atoms with E-state index < -0.39 is 0 Å². The minimum absolute atomic E-state index is 0.257. The summed E-state index contributed by atoms with van der Waals surface area (Å²) in [6, 6.07) is 0. The highest BCUT2D eigenvalue weighted by molar-refractivity contribution is 7.97. The summed E-state index contributed by atoms with van der Waals surface area (Å²) in [7, 11) is 3.96. The van der Waals surface area contributed by atoms with Crippen LogP contribution < -0.4 is 0 Å². The largest absolute Gasteiger partial charge is 0.355 e. The van der Waals surface area contributed by atoms with Gasteiger partial charge in [-0.2, -0.15) is 0 Å². The average Bonchev–Trinajstić information content (AvgIpc) is 2.37. The normalized spacial score (nSPS) is 18.5. The number of hydrogen-bond acceptors (Lipinski definition) is 3. The van der Waals surface area contributed by atoms with Gasteiger partial charge >= 0.3 is 0 Å².